The molecule has 2 aliphatic carbocycles. The Bertz CT molecular complexity index is 1730. The number of allylic oxidation sites excluding steroid dienone is 2. The smallest absolute Gasteiger partial charge is 0.455 e. The van der Waals surface area contributed by atoms with Gasteiger partial charge in [-0.3, -0.25) is 20.2 Å². The van der Waals surface area contributed by atoms with Crippen LogP contribution in [0.4, 0.5) is 26.3 Å². The molecule has 0 saturated heterocycles. The maximum absolute atomic E-state index is 13.4. The SMILES string of the molecule is Cc1ccccc1C1([N+](=O)[O-])C=CC(OC2=C(Cl)C(OC(=O)C(F)(F)F)C(c3ccccc3C)([N+](=O)[O-])C=C2)=C(Cl)C1OC(=O)C(F)(F)F. The summed E-state index contributed by atoms with van der Waals surface area (Å²) in [5.41, 5.74) is -5.67. The van der Waals surface area contributed by atoms with Gasteiger partial charge in [-0.25, -0.2) is 9.59 Å². The predicted molar refractivity (Wildman–Crippen MR) is 157 cm³/mol. The highest BCUT2D eigenvalue weighted by Crippen LogP contribution is 2.47. The monoisotopic (exact) mass is 736 g/mol. The first kappa shape index (κ1) is 36.9. The molecule has 49 heavy (non-hydrogen) atoms. The first-order valence-corrected chi connectivity index (χ1v) is 14.3. The third-order valence-electron chi connectivity index (χ3n) is 7.60. The van der Waals surface area contributed by atoms with Gasteiger partial charge in [0, 0.05) is 33.1 Å². The molecule has 0 N–H and O–H groups in total. The van der Waals surface area contributed by atoms with Gasteiger partial charge in [0.05, 0.1) is 0 Å². The predicted octanol–water partition coefficient (Wildman–Crippen LogP) is 6.95. The summed E-state index contributed by atoms with van der Waals surface area (Å²) in [5.74, 6) is -7.27. The molecule has 0 heterocycles. The minimum atomic E-state index is -5.65. The molecule has 0 radical (unpaired) electrons. The van der Waals surface area contributed by atoms with Gasteiger partial charge in [-0.15, -0.1) is 0 Å². The van der Waals surface area contributed by atoms with Crippen LogP contribution >= 0.6 is 23.2 Å². The van der Waals surface area contributed by atoms with Crippen molar-refractivity contribution >= 4 is 35.1 Å². The summed E-state index contributed by atoms with van der Waals surface area (Å²) in [4.78, 5) is 47.1. The Morgan fingerprint density at radius 2 is 1.02 bits per heavy atom. The van der Waals surface area contributed by atoms with Crippen molar-refractivity contribution in [3.05, 3.63) is 137 Å². The number of aryl methyl sites for hydroxylation is 2. The Morgan fingerprint density at radius 1 is 0.694 bits per heavy atom. The molecule has 4 unspecified atom stereocenters. The summed E-state index contributed by atoms with van der Waals surface area (Å²) >= 11 is 12.7. The highest BCUT2D eigenvalue weighted by Gasteiger charge is 2.61. The van der Waals surface area contributed by atoms with Crippen LogP contribution in [0.25, 0.3) is 0 Å². The Labute approximate surface area is 281 Å². The maximum atomic E-state index is 13.4. The number of carbonyl (C=O) groups is 2. The van der Waals surface area contributed by atoms with Crippen molar-refractivity contribution in [1.82, 2.24) is 0 Å². The van der Waals surface area contributed by atoms with E-state index in [1.165, 1.54) is 62.4 Å². The molecule has 0 spiro atoms. The van der Waals surface area contributed by atoms with Gasteiger partial charge in [-0.1, -0.05) is 71.7 Å². The molecular weight excluding hydrogens is 717 g/mol. The number of alkyl halides is 6. The largest absolute Gasteiger partial charge is 0.490 e. The van der Waals surface area contributed by atoms with Crippen molar-refractivity contribution in [3.8, 4) is 0 Å². The molecule has 0 amide bonds. The van der Waals surface area contributed by atoms with Crippen molar-refractivity contribution in [2.75, 3.05) is 0 Å². The van der Waals surface area contributed by atoms with Crippen LogP contribution in [-0.2, 0) is 34.9 Å². The quantitative estimate of drug-likeness (QED) is 0.121. The lowest BCUT2D eigenvalue weighted by Crippen LogP contribution is -2.51. The van der Waals surface area contributed by atoms with Crippen LogP contribution in [0.15, 0.2) is 94.4 Å². The van der Waals surface area contributed by atoms with Crippen LogP contribution in [0.3, 0.4) is 0 Å². The summed E-state index contributed by atoms with van der Waals surface area (Å²) in [7, 11) is 0. The van der Waals surface area contributed by atoms with Crippen LogP contribution in [0.2, 0.25) is 0 Å². The van der Waals surface area contributed by atoms with E-state index in [1.54, 1.807) is 0 Å². The van der Waals surface area contributed by atoms with Gasteiger partial charge in [0.15, 0.2) is 0 Å². The second-order valence-corrected chi connectivity index (χ2v) is 11.4. The third kappa shape index (κ3) is 6.59. The van der Waals surface area contributed by atoms with E-state index in [2.05, 4.69) is 9.47 Å². The summed E-state index contributed by atoms with van der Waals surface area (Å²) in [6, 6.07) is 10.7. The van der Waals surface area contributed by atoms with Crippen molar-refractivity contribution in [2.45, 2.75) is 49.5 Å². The summed E-state index contributed by atoms with van der Waals surface area (Å²) < 4.78 is 94.9. The molecule has 0 saturated carbocycles. The fourth-order valence-corrected chi connectivity index (χ4v) is 5.94. The molecule has 260 valence electrons. The van der Waals surface area contributed by atoms with Gasteiger partial charge in [-0.05, 0) is 37.1 Å². The summed E-state index contributed by atoms with van der Waals surface area (Å²) in [6.45, 7) is 2.77. The second-order valence-electron chi connectivity index (χ2n) is 10.6. The number of carbonyl (C=O) groups excluding carboxylic acids is 2. The van der Waals surface area contributed by atoms with Crippen LogP contribution < -0.4 is 0 Å². The van der Waals surface area contributed by atoms with E-state index < -0.39 is 79.0 Å². The Hall–Kier alpha value is -4.90. The van der Waals surface area contributed by atoms with Crippen LogP contribution in [-0.4, -0.2) is 46.3 Å². The van der Waals surface area contributed by atoms with E-state index in [9.17, 15) is 56.2 Å². The lowest BCUT2D eigenvalue weighted by molar-refractivity contribution is -0.574. The number of nitrogens with zero attached hydrogens (tertiary/aromatic N) is 2. The van der Waals surface area contributed by atoms with Crippen molar-refractivity contribution in [2.24, 2.45) is 0 Å². The number of hydrogen-bond acceptors (Lipinski definition) is 9. The van der Waals surface area contributed by atoms with Gasteiger partial charge in [0.25, 0.3) is 0 Å². The average molecular weight is 737 g/mol. The molecule has 2 aromatic carbocycles. The number of halogens is 8. The number of benzene rings is 2. The number of esters is 2. The number of nitro groups is 2. The first-order chi connectivity index (χ1) is 22.7. The number of hydrogen-bond donors (Lipinski definition) is 0. The van der Waals surface area contributed by atoms with Crippen LogP contribution in [0, 0.1) is 34.1 Å². The molecule has 0 bridgehead atoms. The van der Waals surface area contributed by atoms with E-state index in [1.807, 2.05) is 0 Å². The molecule has 4 atom stereocenters. The normalized spacial score (nSPS) is 24.0. The number of ether oxygens (including phenoxy) is 3. The fraction of sp³-hybridized carbons (Fsp3) is 0.267. The van der Waals surface area contributed by atoms with E-state index in [4.69, 9.17) is 27.9 Å². The van der Waals surface area contributed by atoms with Crippen molar-refractivity contribution in [3.63, 3.8) is 0 Å². The van der Waals surface area contributed by atoms with Crippen molar-refractivity contribution < 1.29 is 60.0 Å². The molecule has 11 nitrogen and oxygen atoms in total. The molecule has 2 aliphatic rings. The van der Waals surface area contributed by atoms with E-state index in [-0.39, 0.29) is 22.3 Å². The Kier molecular flexibility index (Phi) is 9.94. The highest BCUT2D eigenvalue weighted by atomic mass is 35.5. The minimum absolute atomic E-state index is 0.174. The van der Waals surface area contributed by atoms with Gasteiger partial charge < -0.3 is 14.2 Å². The van der Waals surface area contributed by atoms with Gasteiger partial charge in [0.2, 0.25) is 12.2 Å². The highest BCUT2D eigenvalue weighted by molar-refractivity contribution is 6.31. The van der Waals surface area contributed by atoms with Gasteiger partial charge >= 0.3 is 35.4 Å². The lowest BCUT2D eigenvalue weighted by atomic mass is 9.79. The summed E-state index contributed by atoms with van der Waals surface area (Å²) in [5, 5.41) is 23.2. The topological polar surface area (TPSA) is 148 Å². The second kappa shape index (κ2) is 13.2. The van der Waals surface area contributed by atoms with Crippen LogP contribution in [0.1, 0.15) is 22.3 Å². The summed E-state index contributed by atoms with van der Waals surface area (Å²) in [6.07, 6.45) is -13.4. The molecule has 19 heteroatoms. The Balaban J connectivity index is 1.91. The zero-order chi connectivity index (χ0) is 36.7. The van der Waals surface area contributed by atoms with E-state index in [0.29, 0.717) is 12.2 Å². The average Bonchev–Trinajstić information content (AvgIpc) is 3.00. The molecule has 0 aliphatic heterocycles. The Morgan fingerprint density at radius 3 is 1.31 bits per heavy atom. The molecule has 4 rings (SSSR count). The number of rotatable bonds is 8. The molecule has 2 aromatic rings. The molecule has 0 fully saturated rings. The fourth-order valence-electron chi connectivity index (χ4n) is 5.32. The minimum Gasteiger partial charge on any atom is -0.455 e. The zero-order valence-electron chi connectivity index (χ0n) is 24.7. The lowest BCUT2D eigenvalue weighted by Gasteiger charge is -2.36. The van der Waals surface area contributed by atoms with Crippen molar-refractivity contribution in [1.29, 1.82) is 0 Å². The zero-order valence-corrected chi connectivity index (χ0v) is 26.2. The van der Waals surface area contributed by atoms with Gasteiger partial charge in [-0.2, -0.15) is 26.3 Å². The molecular formula is C30H20Cl2F6N2O9. The maximum Gasteiger partial charge on any atom is 0.490 e. The van der Waals surface area contributed by atoms with E-state index >= 15 is 0 Å². The third-order valence-corrected chi connectivity index (χ3v) is 8.37. The van der Waals surface area contributed by atoms with Crippen LogP contribution in [0.5, 0.6) is 0 Å². The van der Waals surface area contributed by atoms with E-state index in [0.717, 1.165) is 12.2 Å². The van der Waals surface area contributed by atoms with Gasteiger partial charge in [0.1, 0.15) is 21.6 Å². The first-order valence-electron chi connectivity index (χ1n) is 13.5. The molecule has 0 aromatic heterocycles. The standard InChI is InChI=1S/C30H20Cl2F6N2O9/c1-15-7-3-5-9-17(15)27(39(43)44)13-11-19(21(31)23(27)48-25(41)29(33,34)35)47-20-12-14-28(40(45)46,18-10-6-4-8-16(18)2)24(22(20)32)49-26(42)30(36,37)38/h3-14,23-24H,1-2H3.